The van der Waals surface area contributed by atoms with Crippen molar-refractivity contribution in [3.8, 4) is 0 Å². The van der Waals surface area contributed by atoms with Gasteiger partial charge in [0.2, 0.25) is 5.91 Å². The lowest BCUT2D eigenvalue weighted by Crippen LogP contribution is -2.37. The van der Waals surface area contributed by atoms with E-state index in [-0.39, 0.29) is 5.91 Å². The topological polar surface area (TPSA) is 46.1 Å². The molecule has 0 bridgehead atoms. The first-order valence-electron chi connectivity index (χ1n) is 8.06. The van der Waals surface area contributed by atoms with Crippen LogP contribution in [-0.4, -0.2) is 39.3 Å². The number of aromatic nitrogens is 2. The van der Waals surface area contributed by atoms with Crippen LogP contribution in [0.2, 0.25) is 0 Å². The molecule has 2 aliphatic rings. The van der Waals surface area contributed by atoms with Crippen LogP contribution in [0.5, 0.6) is 0 Å². The van der Waals surface area contributed by atoms with Crippen LogP contribution in [0, 0.1) is 5.92 Å². The van der Waals surface area contributed by atoms with Crippen LogP contribution in [0.15, 0.2) is 40.2 Å². The molecular weight excluding hydrogens is 326 g/mol. The van der Waals surface area contributed by atoms with Crippen LogP contribution in [0.25, 0.3) is 0 Å². The summed E-state index contributed by atoms with van der Waals surface area (Å²) < 4.78 is 0.875. The van der Waals surface area contributed by atoms with Crippen molar-refractivity contribution >= 4 is 29.0 Å². The van der Waals surface area contributed by atoms with Crippen molar-refractivity contribution in [3.63, 3.8) is 0 Å². The molecule has 1 aliphatic heterocycles. The number of fused-ring (bicyclic) bond motifs is 1. The third kappa shape index (κ3) is 3.02. The quantitative estimate of drug-likeness (QED) is 0.797. The van der Waals surface area contributed by atoms with Crippen LogP contribution >= 0.6 is 23.1 Å². The molecule has 6 heteroatoms. The van der Waals surface area contributed by atoms with Gasteiger partial charge in [0, 0.05) is 18.5 Å². The van der Waals surface area contributed by atoms with E-state index in [2.05, 4.69) is 45.4 Å². The molecule has 0 spiro atoms. The number of benzene rings is 1. The number of amides is 1. The van der Waals surface area contributed by atoms with Gasteiger partial charge in [-0.2, -0.15) is 0 Å². The standard InChI is InChI=1S/C17H19N3OS2/c21-16(10-22-17-19-18-11-23-17)20-9-14(12-5-2-1-3-6-12)13-7-4-8-15(13)20/h1-3,5-6,11,13-15H,4,7-10H2/t13-,14+,15+/m0/s1. The van der Waals surface area contributed by atoms with Crippen LogP contribution in [0.1, 0.15) is 30.7 Å². The molecule has 1 saturated heterocycles. The molecule has 2 fully saturated rings. The lowest BCUT2D eigenvalue weighted by Gasteiger charge is -2.23. The van der Waals surface area contributed by atoms with Crippen molar-refractivity contribution in [2.45, 2.75) is 35.6 Å². The van der Waals surface area contributed by atoms with E-state index in [1.54, 1.807) is 5.51 Å². The average molecular weight is 345 g/mol. The van der Waals surface area contributed by atoms with Crippen molar-refractivity contribution in [2.24, 2.45) is 5.92 Å². The van der Waals surface area contributed by atoms with E-state index in [1.165, 1.54) is 41.5 Å². The lowest BCUT2D eigenvalue weighted by molar-refractivity contribution is -0.129. The summed E-state index contributed by atoms with van der Waals surface area (Å²) in [4.78, 5) is 14.9. The van der Waals surface area contributed by atoms with E-state index in [0.717, 1.165) is 17.3 Å². The molecule has 0 N–H and O–H groups in total. The molecule has 120 valence electrons. The Morgan fingerprint density at radius 1 is 1.30 bits per heavy atom. The Balaban J connectivity index is 1.47. The molecule has 2 heterocycles. The first-order valence-corrected chi connectivity index (χ1v) is 9.93. The van der Waals surface area contributed by atoms with Crippen LogP contribution in [-0.2, 0) is 4.79 Å². The van der Waals surface area contributed by atoms with Crippen molar-refractivity contribution in [2.75, 3.05) is 12.3 Å². The predicted octanol–water partition coefficient (Wildman–Crippen LogP) is 3.42. The Labute approximate surface area is 144 Å². The summed E-state index contributed by atoms with van der Waals surface area (Å²) in [6.07, 6.45) is 3.65. The summed E-state index contributed by atoms with van der Waals surface area (Å²) in [6.45, 7) is 0.870. The number of likely N-dealkylation sites (tertiary alicyclic amines) is 1. The minimum absolute atomic E-state index is 0.250. The number of carbonyl (C=O) groups is 1. The molecule has 23 heavy (non-hydrogen) atoms. The maximum Gasteiger partial charge on any atom is 0.233 e. The maximum absolute atomic E-state index is 12.7. The van der Waals surface area contributed by atoms with E-state index < -0.39 is 0 Å². The summed E-state index contributed by atoms with van der Waals surface area (Å²) in [5.74, 6) is 1.85. The molecule has 1 aromatic heterocycles. The third-order valence-corrected chi connectivity index (χ3v) is 6.89. The lowest BCUT2D eigenvalue weighted by atomic mass is 9.87. The van der Waals surface area contributed by atoms with Gasteiger partial charge in [0.05, 0.1) is 5.75 Å². The monoisotopic (exact) mass is 345 g/mol. The van der Waals surface area contributed by atoms with Crippen molar-refractivity contribution in [1.82, 2.24) is 15.1 Å². The first kappa shape index (κ1) is 15.1. The number of hydrogen-bond acceptors (Lipinski definition) is 5. The van der Waals surface area contributed by atoms with Gasteiger partial charge in [-0.05, 0) is 24.3 Å². The Morgan fingerprint density at radius 2 is 2.17 bits per heavy atom. The maximum atomic E-state index is 12.7. The van der Waals surface area contributed by atoms with Crippen molar-refractivity contribution < 1.29 is 4.79 Å². The molecule has 1 aliphatic carbocycles. The fourth-order valence-electron chi connectivity index (χ4n) is 4.08. The Hall–Kier alpha value is -1.40. The van der Waals surface area contributed by atoms with Crippen molar-refractivity contribution in [1.29, 1.82) is 0 Å². The highest BCUT2D eigenvalue weighted by Crippen LogP contribution is 2.46. The number of thioether (sulfide) groups is 1. The summed E-state index contributed by atoms with van der Waals surface area (Å²) >= 11 is 3.00. The molecule has 4 nitrogen and oxygen atoms in total. The smallest absolute Gasteiger partial charge is 0.233 e. The molecule has 1 saturated carbocycles. The van der Waals surface area contributed by atoms with E-state index in [4.69, 9.17) is 0 Å². The normalized spacial score (nSPS) is 26.4. The zero-order chi connectivity index (χ0) is 15.6. The minimum Gasteiger partial charge on any atom is -0.338 e. The van der Waals surface area contributed by atoms with Gasteiger partial charge < -0.3 is 4.90 Å². The van der Waals surface area contributed by atoms with Gasteiger partial charge in [0.15, 0.2) is 4.34 Å². The number of rotatable bonds is 4. The SMILES string of the molecule is O=C(CSc1nncs1)N1C[C@H](c2ccccc2)[C@@H]2CCC[C@H]21. The van der Waals surface area contributed by atoms with Crippen LogP contribution in [0.4, 0.5) is 0 Å². The highest BCUT2D eigenvalue weighted by molar-refractivity contribution is 8.01. The van der Waals surface area contributed by atoms with Gasteiger partial charge in [-0.15, -0.1) is 10.2 Å². The van der Waals surface area contributed by atoms with Gasteiger partial charge in [-0.1, -0.05) is 59.9 Å². The Bertz CT molecular complexity index is 662. The highest BCUT2D eigenvalue weighted by Gasteiger charge is 2.46. The second kappa shape index (κ2) is 6.61. The molecule has 1 aromatic carbocycles. The van der Waals surface area contributed by atoms with Crippen molar-refractivity contribution in [3.05, 3.63) is 41.4 Å². The summed E-state index contributed by atoms with van der Waals surface area (Å²) in [5.41, 5.74) is 3.10. The molecule has 4 rings (SSSR count). The van der Waals surface area contributed by atoms with Gasteiger partial charge in [0.1, 0.15) is 5.51 Å². The minimum atomic E-state index is 0.250. The molecule has 0 unspecified atom stereocenters. The second-order valence-corrected chi connectivity index (χ2v) is 8.27. The summed E-state index contributed by atoms with van der Waals surface area (Å²) in [7, 11) is 0. The van der Waals surface area contributed by atoms with E-state index in [9.17, 15) is 4.79 Å². The number of carbonyl (C=O) groups excluding carboxylic acids is 1. The average Bonchev–Trinajstić information content (AvgIpc) is 3.30. The van der Waals surface area contributed by atoms with Gasteiger partial charge in [0.25, 0.3) is 0 Å². The molecule has 1 amide bonds. The van der Waals surface area contributed by atoms with E-state index in [1.807, 2.05) is 0 Å². The fourth-order valence-corrected chi connectivity index (χ4v) is 5.45. The number of nitrogens with zero attached hydrogens (tertiary/aromatic N) is 3. The number of hydrogen-bond donors (Lipinski definition) is 0. The first-order chi connectivity index (χ1) is 11.3. The largest absolute Gasteiger partial charge is 0.338 e. The van der Waals surface area contributed by atoms with Gasteiger partial charge >= 0.3 is 0 Å². The van der Waals surface area contributed by atoms with E-state index in [0.29, 0.717) is 23.6 Å². The zero-order valence-corrected chi connectivity index (χ0v) is 14.4. The summed E-state index contributed by atoms with van der Waals surface area (Å²) in [5, 5.41) is 7.83. The molecule has 0 radical (unpaired) electrons. The predicted molar refractivity (Wildman–Crippen MR) is 92.7 cm³/mol. The zero-order valence-electron chi connectivity index (χ0n) is 12.8. The van der Waals surface area contributed by atoms with Crippen LogP contribution in [0.3, 0.4) is 0 Å². The second-order valence-electron chi connectivity index (χ2n) is 6.22. The summed E-state index contributed by atoms with van der Waals surface area (Å²) in [6, 6.07) is 11.1. The molecular formula is C17H19N3OS2. The Kier molecular flexibility index (Phi) is 4.35. The highest BCUT2D eigenvalue weighted by atomic mass is 32.2. The fraction of sp³-hybridized carbons (Fsp3) is 0.471. The van der Waals surface area contributed by atoms with E-state index >= 15 is 0 Å². The molecule has 2 aromatic rings. The van der Waals surface area contributed by atoms with Crippen LogP contribution < -0.4 is 0 Å². The Morgan fingerprint density at radius 3 is 2.96 bits per heavy atom. The van der Waals surface area contributed by atoms with Gasteiger partial charge in [-0.25, -0.2) is 0 Å². The van der Waals surface area contributed by atoms with Gasteiger partial charge in [-0.3, -0.25) is 4.79 Å². The third-order valence-electron chi connectivity index (χ3n) is 5.05. The molecule has 3 atom stereocenters.